The quantitative estimate of drug-likeness (QED) is 0.281. The second kappa shape index (κ2) is 16.2. The number of aromatic nitrogens is 2. The predicted molar refractivity (Wildman–Crippen MR) is 228 cm³/mol. The number of hydrogen-bond donors (Lipinski definition) is 2. The molecule has 15 nitrogen and oxygen atoms in total. The van der Waals surface area contributed by atoms with Crippen molar-refractivity contribution in [1.29, 1.82) is 5.26 Å². The van der Waals surface area contributed by atoms with E-state index in [2.05, 4.69) is 54.2 Å². The van der Waals surface area contributed by atoms with Gasteiger partial charge in [-0.05, 0) is 63.3 Å². The minimum atomic E-state index is -1.11. The van der Waals surface area contributed by atoms with Crippen LogP contribution in [-0.2, 0) is 9.59 Å². The van der Waals surface area contributed by atoms with Gasteiger partial charge >= 0.3 is 0 Å². The molecule has 1 saturated carbocycles. The van der Waals surface area contributed by atoms with Gasteiger partial charge in [-0.1, -0.05) is 39.3 Å². The topological polar surface area (TPSA) is 181 Å². The first-order valence-corrected chi connectivity index (χ1v) is 21.6. The maximum atomic E-state index is 15.5. The monoisotopic (exact) mass is 867 g/mol. The Morgan fingerprint density at radius 1 is 0.919 bits per heavy atom. The molecule has 0 radical (unpaired) electrons. The van der Waals surface area contributed by atoms with Gasteiger partial charge in [-0.15, -0.1) is 0 Å². The van der Waals surface area contributed by atoms with E-state index in [0.717, 1.165) is 43.4 Å². The SMILES string of the molecule is Cc1nc(N2CCC(CN3CCN(c4cc5c(cc4F)C(=O)N(C4CCC(=O)NC4=O)C5=O)CC3)CC2)nc(C)c1C(=O)N[C@H]1C(C)(C)[C@H](Oc2ccc(C#N)c(Cl)c2)C1(C)C. The van der Waals surface area contributed by atoms with Crippen LogP contribution in [0, 0.1) is 47.7 Å². The number of nitrogens with one attached hydrogen (secondary N) is 2. The number of amides is 5. The predicted octanol–water partition coefficient (Wildman–Crippen LogP) is 4.81. The van der Waals surface area contributed by atoms with Gasteiger partial charge in [0.05, 0.1) is 44.4 Å². The highest BCUT2D eigenvalue weighted by molar-refractivity contribution is 6.31. The number of carbonyl (C=O) groups is 5. The van der Waals surface area contributed by atoms with E-state index in [1.165, 1.54) is 6.07 Å². The molecule has 1 aromatic heterocycles. The standard InChI is InChI=1S/C45H51ClFN9O6/c1-24-36(38(59)52-41-44(3,4)42(45(41,5)6)62-28-8-7-27(22-48)31(46)19-28)25(2)50-43(49-24)55-13-11-26(12-14-55)23-53-15-17-54(18-16-53)34-21-30-29(20-32(34)47)39(60)56(40(30)61)33-9-10-35(57)51-37(33)58/h7-8,19-21,26,33,41-42H,9-18,23H2,1-6H3,(H,52,59)(H,51,57,58)/t33?,41-,42-. The summed E-state index contributed by atoms with van der Waals surface area (Å²) in [6.07, 6.45) is 1.68. The molecule has 2 aromatic carbocycles. The van der Waals surface area contributed by atoms with Crippen LogP contribution in [0.5, 0.6) is 5.75 Å². The molecule has 17 heteroatoms. The molecule has 4 aliphatic heterocycles. The third kappa shape index (κ3) is 7.63. The molecule has 3 saturated heterocycles. The van der Waals surface area contributed by atoms with Crippen molar-refractivity contribution in [3.8, 4) is 11.8 Å². The molecule has 2 N–H and O–H groups in total. The lowest BCUT2D eigenvalue weighted by Gasteiger charge is -2.63. The largest absolute Gasteiger partial charge is 0.489 e. The van der Waals surface area contributed by atoms with Crippen LogP contribution in [0.25, 0.3) is 0 Å². The number of anilines is 2. The Hall–Kier alpha value is -5.66. The summed E-state index contributed by atoms with van der Waals surface area (Å²) in [5.74, 6) is -1.76. The summed E-state index contributed by atoms with van der Waals surface area (Å²) in [6.45, 7) is 16.9. The minimum Gasteiger partial charge on any atom is -0.489 e. The number of piperidine rings is 2. The number of aryl methyl sites for hydroxylation is 2. The van der Waals surface area contributed by atoms with Gasteiger partial charge in [-0.25, -0.2) is 14.4 Å². The second-order valence-electron chi connectivity index (χ2n) is 18.4. The first-order chi connectivity index (χ1) is 29.4. The lowest BCUT2D eigenvalue weighted by molar-refractivity contribution is -0.164. The molecule has 1 unspecified atom stereocenters. The van der Waals surface area contributed by atoms with E-state index < -0.39 is 46.3 Å². The summed E-state index contributed by atoms with van der Waals surface area (Å²) in [5.41, 5.74) is 1.46. The number of carbonyl (C=O) groups excluding carboxylic acids is 5. The molecular weight excluding hydrogens is 817 g/mol. The fourth-order valence-electron chi connectivity index (χ4n) is 10.5. The Bertz CT molecular complexity index is 2380. The zero-order valence-electron chi connectivity index (χ0n) is 35.8. The van der Waals surface area contributed by atoms with Crippen LogP contribution in [-0.4, -0.2) is 113 Å². The Kier molecular flexibility index (Phi) is 11.3. The van der Waals surface area contributed by atoms with Gasteiger partial charge in [0.2, 0.25) is 17.8 Å². The van der Waals surface area contributed by atoms with Crippen molar-refractivity contribution in [2.24, 2.45) is 16.7 Å². The fourth-order valence-corrected chi connectivity index (χ4v) is 10.8. The lowest BCUT2D eigenvalue weighted by Crippen LogP contribution is -2.74. The normalized spacial score (nSPS) is 23.7. The molecule has 62 heavy (non-hydrogen) atoms. The Morgan fingerprint density at radius 3 is 2.15 bits per heavy atom. The number of rotatable bonds is 9. The first-order valence-electron chi connectivity index (χ1n) is 21.2. The van der Waals surface area contributed by atoms with E-state index in [4.69, 9.17) is 26.3 Å². The Morgan fingerprint density at radius 2 is 1.55 bits per heavy atom. The van der Waals surface area contributed by atoms with E-state index >= 15 is 4.39 Å². The number of nitriles is 1. The Balaban J connectivity index is 0.829. The molecule has 5 aliphatic rings. The van der Waals surface area contributed by atoms with E-state index in [1.54, 1.807) is 18.2 Å². The molecule has 1 aliphatic carbocycles. The van der Waals surface area contributed by atoms with Gasteiger partial charge in [-0.3, -0.25) is 39.1 Å². The maximum absolute atomic E-state index is 15.5. The second-order valence-corrected chi connectivity index (χ2v) is 18.8. The highest BCUT2D eigenvalue weighted by Crippen LogP contribution is 2.55. The fraction of sp³-hybridized carbons (Fsp3) is 0.511. The summed E-state index contributed by atoms with van der Waals surface area (Å²) in [7, 11) is 0. The molecule has 1 atom stereocenters. The number of hydrogen-bond acceptors (Lipinski definition) is 12. The van der Waals surface area contributed by atoms with Crippen molar-refractivity contribution in [1.82, 2.24) is 30.4 Å². The van der Waals surface area contributed by atoms with E-state index in [0.29, 0.717) is 71.3 Å². The molecule has 0 spiro atoms. The summed E-state index contributed by atoms with van der Waals surface area (Å²) in [6, 6.07) is 8.29. The molecular formula is C45H51ClFN9O6. The van der Waals surface area contributed by atoms with Crippen molar-refractivity contribution < 1.29 is 33.1 Å². The number of piperazine rings is 1. The zero-order chi connectivity index (χ0) is 44.4. The highest BCUT2D eigenvalue weighted by atomic mass is 35.5. The number of imide groups is 2. The maximum Gasteiger partial charge on any atom is 0.262 e. The molecule has 8 rings (SSSR count). The molecule has 0 bridgehead atoms. The van der Waals surface area contributed by atoms with Crippen LogP contribution >= 0.6 is 11.6 Å². The summed E-state index contributed by atoms with van der Waals surface area (Å²) in [5, 5.41) is 15.0. The third-order valence-corrected chi connectivity index (χ3v) is 13.9. The van der Waals surface area contributed by atoms with Crippen LogP contribution in [0.2, 0.25) is 5.02 Å². The van der Waals surface area contributed by atoms with Gasteiger partial charge in [0.15, 0.2) is 0 Å². The first kappa shape index (κ1) is 43.0. The summed E-state index contributed by atoms with van der Waals surface area (Å²) in [4.78, 5) is 81.4. The summed E-state index contributed by atoms with van der Waals surface area (Å²) < 4.78 is 21.9. The molecule has 326 valence electrons. The van der Waals surface area contributed by atoms with Gasteiger partial charge in [0.25, 0.3) is 17.7 Å². The van der Waals surface area contributed by atoms with Crippen molar-refractivity contribution in [3.63, 3.8) is 0 Å². The molecule has 4 fully saturated rings. The number of nitrogens with zero attached hydrogens (tertiary/aromatic N) is 7. The van der Waals surface area contributed by atoms with Gasteiger partial charge in [-0.2, -0.15) is 5.26 Å². The van der Waals surface area contributed by atoms with Crippen molar-refractivity contribution in [2.45, 2.75) is 85.4 Å². The number of ether oxygens (including phenoxy) is 1. The summed E-state index contributed by atoms with van der Waals surface area (Å²) >= 11 is 6.27. The van der Waals surface area contributed by atoms with Crippen molar-refractivity contribution >= 4 is 52.8 Å². The highest BCUT2D eigenvalue weighted by Gasteiger charge is 2.64. The average molecular weight is 868 g/mol. The number of fused-ring (bicyclic) bond motifs is 1. The van der Waals surface area contributed by atoms with Crippen LogP contribution in [0.3, 0.4) is 0 Å². The zero-order valence-corrected chi connectivity index (χ0v) is 36.6. The van der Waals surface area contributed by atoms with Gasteiger partial charge in [0.1, 0.15) is 29.8 Å². The number of benzene rings is 2. The van der Waals surface area contributed by atoms with Gasteiger partial charge in [0, 0.05) is 75.2 Å². The van der Waals surface area contributed by atoms with Crippen molar-refractivity contribution in [3.05, 3.63) is 74.8 Å². The molecule has 5 heterocycles. The molecule has 3 aromatic rings. The Labute approximate surface area is 364 Å². The molecule has 5 amide bonds. The van der Waals surface area contributed by atoms with Crippen LogP contribution in [0.1, 0.15) is 101 Å². The minimum absolute atomic E-state index is 0.00898. The van der Waals surface area contributed by atoms with Crippen LogP contribution in [0.15, 0.2) is 30.3 Å². The smallest absolute Gasteiger partial charge is 0.262 e. The van der Waals surface area contributed by atoms with Gasteiger partial charge < -0.3 is 19.9 Å². The van der Waals surface area contributed by atoms with Crippen LogP contribution in [0.4, 0.5) is 16.0 Å². The average Bonchev–Trinajstić information content (AvgIpc) is 3.46. The number of halogens is 2. The third-order valence-electron chi connectivity index (χ3n) is 13.5. The van der Waals surface area contributed by atoms with Crippen LogP contribution < -0.4 is 25.2 Å². The van der Waals surface area contributed by atoms with E-state index in [9.17, 15) is 29.2 Å². The lowest BCUT2D eigenvalue weighted by atomic mass is 9.49. The van der Waals surface area contributed by atoms with E-state index in [-0.39, 0.29) is 47.7 Å². The van der Waals surface area contributed by atoms with E-state index in [1.807, 2.05) is 18.7 Å². The van der Waals surface area contributed by atoms with Crippen molar-refractivity contribution in [2.75, 3.05) is 55.6 Å².